The third-order valence-corrected chi connectivity index (χ3v) is 4.11. The molecule has 8 heteroatoms. The number of esters is 1. The van der Waals surface area contributed by atoms with E-state index in [1.54, 1.807) is 20.8 Å². The Bertz CT molecular complexity index is 789. The van der Waals surface area contributed by atoms with Crippen molar-refractivity contribution in [3.05, 3.63) is 44.7 Å². The summed E-state index contributed by atoms with van der Waals surface area (Å²) in [6.07, 6.45) is 0.00683. The molecule has 0 unspecified atom stereocenters. The molecular formula is C17H19ClFN2O4+. The van der Waals surface area contributed by atoms with Crippen molar-refractivity contribution < 1.29 is 23.5 Å². The lowest BCUT2D eigenvalue weighted by atomic mass is 10.1. The number of anilines is 1. The summed E-state index contributed by atoms with van der Waals surface area (Å²) in [6, 6.07) is 2.07. The van der Waals surface area contributed by atoms with Crippen LogP contribution in [0.2, 0.25) is 5.02 Å². The maximum Gasteiger partial charge on any atom is 0.339 e. The first-order valence-electron chi connectivity index (χ1n) is 7.83. The zero-order valence-electron chi connectivity index (χ0n) is 14.4. The highest BCUT2D eigenvalue weighted by atomic mass is 35.5. The first-order chi connectivity index (χ1) is 11.7. The third kappa shape index (κ3) is 3.71. The van der Waals surface area contributed by atoms with Crippen LogP contribution < -0.4 is 4.90 Å². The maximum atomic E-state index is 14.4. The smallest absolute Gasteiger partial charge is 0.339 e. The number of rotatable bonds is 4. The fraction of sp³-hybridized carbons (Fsp3) is 0.412. The van der Waals surface area contributed by atoms with E-state index in [-0.39, 0.29) is 34.6 Å². The number of hydrogen-bond donors (Lipinski definition) is 0. The number of benzene rings is 1. The molecule has 1 amide bonds. The van der Waals surface area contributed by atoms with Gasteiger partial charge in [-0.1, -0.05) is 18.5 Å². The number of nitroso groups, excluding NO2 is 1. The topological polar surface area (TPSA) is 66.7 Å². The SMILES string of the molecule is CCC1=C(C)C(=O)N(c2cc(C(=O)OC(C)C)c(Cl)cc2F)C[N+]1=O. The second kappa shape index (κ2) is 7.31. The van der Waals surface area contributed by atoms with E-state index in [4.69, 9.17) is 16.3 Å². The van der Waals surface area contributed by atoms with Crippen LogP contribution in [0.1, 0.15) is 44.5 Å². The first-order valence-corrected chi connectivity index (χ1v) is 8.21. The van der Waals surface area contributed by atoms with Gasteiger partial charge >= 0.3 is 5.97 Å². The minimum atomic E-state index is -0.805. The highest BCUT2D eigenvalue weighted by molar-refractivity contribution is 6.33. The second-order valence-corrected chi connectivity index (χ2v) is 6.32. The van der Waals surface area contributed by atoms with Crippen molar-refractivity contribution in [1.82, 2.24) is 0 Å². The molecule has 6 nitrogen and oxygen atoms in total. The molecule has 0 saturated carbocycles. The summed E-state index contributed by atoms with van der Waals surface area (Å²) in [6.45, 7) is 6.24. The zero-order valence-corrected chi connectivity index (χ0v) is 15.2. The van der Waals surface area contributed by atoms with Gasteiger partial charge in [0, 0.05) is 11.3 Å². The Balaban J connectivity index is 2.50. The number of allylic oxidation sites excluding steroid dienone is 1. The first kappa shape index (κ1) is 19.1. The van der Waals surface area contributed by atoms with E-state index in [1.165, 1.54) is 6.92 Å². The van der Waals surface area contributed by atoms with Gasteiger partial charge in [-0.15, -0.1) is 0 Å². The van der Waals surface area contributed by atoms with Gasteiger partial charge in [-0.2, -0.15) is 0 Å². The molecule has 0 fully saturated rings. The normalized spacial score (nSPS) is 15.2. The van der Waals surface area contributed by atoms with Gasteiger partial charge < -0.3 is 4.74 Å². The zero-order chi connectivity index (χ0) is 18.9. The average molecular weight is 370 g/mol. The van der Waals surface area contributed by atoms with Crippen molar-refractivity contribution in [3.63, 3.8) is 0 Å². The van der Waals surface area contributed by atoms with Crippen LogP contribution in [0.5, 0.6) is 0 Å². The van der Waals surface area contributed by atoms with E-state index in [2.05, 4.69) is 0 Å². The summed E-state index contributed by atoms with van der Waals surface area (Å²) < 4.78 is 20.1. The maximum absolute atomic E-state index is 14.4. The second-order valence-electron chi connectivity index (χ2n) is 5.92. The minimum absolute atomic E-state index is 0.0695. The molecule has 0 saturated heterocycles. The Morgan fingerprint density at radius 1 is 1.44 bits per heavy atom. The summed E-state index contributed by atoms with van der Waals surface area (Å²) in [5.74, 6) is -2.03. The Morgan fingerprint density at radius 2 is 2.08 bits per heavy atom. The Kier molecular flexibility index (Phi) is 5.57. The number of hydrogen-bond acceptors (Lipinski definition) is 4. The van der Waals surface area contributed by atoms with Gasteiger partial charge in [0.1, 0.15) is 5.82 Å². The van der Waals surface area contributed by atoms with Crippen molar-refractivity contribution in [3.8, 4) is 0 Å². The number of carbonyl (C=O) groups excluding carboxylic acids is 2. The van der Waals surface area contributed by atoms with Crippen molar-refractivity contribution in [1.29, 1.82) is 0 Å². The molecule has 1 heterocycles. The molecule has 1 aliphatic heterocycles. The molecule has 1 aromatic rings. The molecule has 0 bridgehead atoms. The molecule has 25 heavy (non-hydrogen) atoms. The van der Waals surface area contributed by atoms with Crippen LogP contribution in [0.4, 0.5) is 10.1 Å². The van der Waals surface area contributed by atoms with Crippen molar-refractivity contribution in [2.24, 2.45) is 0 Å². The van der Waals surface area contributed by atoms with Gasteiger partial charge in [0.05, 0.1) is 32.7 Å². The van der Waals surface area contributed by atoms with Gasteiger partial charge in [0.2, 0.25) is 5.70 Å². The largest absolute Gasteiger partial charge is 0.459 e. The minimum Gasteiger partial charge on any atom is -0.459 e. The highest BCUT2D eigenvalue weighted by Gasteiger charge is 2.38. The fourth-order valence-corrected chi connectivity index (χ4v) is 2.82. The van der Waals surface area contributed by atoms with Gasteiger partial charge in [-0.25, -0.2) is 14.1 Å². The Hall–Kier alpha value is -2.28. The van der Waals surface area contributed by atoms with Crippen LogP contribution in [0.25, 0.3) is 0 Å². The molecule has 0 N–H and O–H groups in total. The molecule has 0 spiro atoms. The number of amides is 1. The molecule has 2 rings (SSSR count). The van der Waals surface area contributed by atoms with E-state index in [0.717, 1.165) is 17.0 Å². The summed E-state index contributed by atoms with van der Waals surface area (Å²) in [7, 11) is 0. The fourth-order valence-electron chi connectivity index (χ4n) is 2.60. The Morgan fingerprint density at radius 3 is 2.64 bits per heavy atom. The standard InChI is InChI=1S/C17H19ClFN2O4/c1-5-14-10(4)16(22)20(8-21(14)24)15-6-11(12(18)7-13(15)19)17(23)25-9(2)3/h6-7,9H,5,8H2,1-4H3/q+1. The van der Waals surface area contributed by atoms with Crippen LogP contribution in [0.15, 0.2) is 23.4 Å². The highest BCUT2D eigenvalue weighted by Crippen LogP contribution is 2.31. The predicted octanol–water partition coefficient (Wildman–Crippen LogP) is 3.81. The number of halogens is 2. The molecule has 1 aromatic carbocycles. The van der Waals surface area contributed by atoms with Gasteiger partial charge in [-0.05, 0) is 32.9 Å². The number of nitrogens with zero attached hydrogens (tertiary/aromatic N) is 2. The summed E-state index contributed by atoms with van der Waals surface area (Å²) in [4.78, 5) is 37.8. The molecule has 1 aliphatic rings. The molecule has 0 aliphatic carbocycles. The van der Waals surface area contributed by atoms with E-state index in [1.807, 2.05) is 0 Å². The average Bonchev–Trinajstić information content (AvgIpc) is 2.51. The quantitative estimate of drug-likeness (QED) is 0.598. The summed E-state index contributed by atoms with van der Waals surface area (Å²) in [5.41, 5.74) is 0.333. The molecular weight excluding hydrogens is 351 g/mol. The van der Waals surface area contributed by atoms with Crippen LogP contribution in [0, 0.1) is 10.7 Å². The number of ether oxygens (including phenoxy) is 1. The van der Waals surface area contributed by atoms with Crippen LogP contribution in [-0.4, -0.2) is 29.4 Å². The van der Waals surface area contributed by atoms with E-state index < -0.39 is 17.7 Å². The van der Waals surface area contributed by atoms with Crippen LogP contribution in [-0.2, 0) is 9.53 Å². The van der Waals surface area contributed by atoms with Crippen LogP contribution >= 0.6 is 11.6 Å². The van der Waals surface area contributed by atoms with Crippen molar-refractivity contribution in [2.75, 3.05) is 11.6 Å². The lowest BCUT2D eigenvalue weighted by Crippen LogP contribution is -2.43. The van der Waals surface area contributed by atoms with Crippen LogP contribution in [0.3, 0.4) is 0 Å². The van der Waals surface area contributed by atoms with Gasteiger partial charge in [0.25, 0.3) is 12.6 Å². The van der Waals surface area contributed by atoms with E-state index in [9.17, 15) is 18.9 Å². The number of carbonyl (C=O) groups is 2. The molecule has 0 aromatic heterocycles. The summed E-state index contributed by atoms with van der Waals surface area (Å²) in [5, 5.41) is -0.128. The van der Waals surface area contributed by atoms with Crippen molar-refractivity contribution >= 4 is 29.2 Å². The predicted molar refractivity (Wildman–Crippen MR) is 90.9 cm³/mol. The monoisotopic (exact) mass is 369 g/mol. The molecule has 0 atom stereocenters. The van der Waals surface area contributed by atoms with E-state index >= 15 is 0 Å². The summed E-state index contributed by atoms with van der Waals surface area (Å²) >= 11 is 5.93. The third-order valence-electron chi connectivity index (χ3n) is 3.79. The molecule has 134 valence electrons. The van der Waals surface area contributed by atoms with Crippen molar-refractivity contribution in [2.45, 2.75) is 40.2 Å². The van der Waals surface area contributed by atoms with E-state index in [0.29, 0.717) is 16.9 Å². The van der Waals surface area contributed by atoms with Gasteiger partial charge in [-0.3, -0.25) is 4.79 Å². The lowest BCUT2D eigenvalue weighted by molar-refractivity contribution is -0.502. The Labute approximate surface area is 149 Å². The lowest BCUT2D eigenvalue weighted by Gasteiger charge is -2.24. The van der Waals surface area contributed by atoms with Gasteiger partial charge in [0.15, 0.2) is 0 Å². The molecule has 0 radical (unpaired) electrons.